The molecular weight excluding hydrogens is 946 g/mol. The van der Waals surface area contributed by atoms with E-state index in [-0.39, 0.29) is 5.32 Å². The SMILES string of the molecule is O=C(NCC(OC(=O)C(F)(F)C(F)(F)C(F)(F)F)c1ccc(OC(=O)C(F)(F)C(F)(F)C(F)(F)F)c(OC(=O)C(F)(F)C(F)(F)C(F)(F)F)c1)C(F)(F)C(F)(F)C(F)(F)F. The van der Waals surface area contributed by atoms with Gasteiger partial charge in [0.15, 0.2) is 11.5 Å². The van der Waals surface area contributed by atoms with Crippen LogP contribution in [0, 0.1) is 0 Å². The molecule has 0 radical (unpaired) electrons. The lowest BCUT2D eigenvalue weighted by Crippen LogP contribution is -2.60. The van der Waals surface area contributed by atoms with Gasteiger partial charge in [0.25, 0.3) is 5.91 Å². The molecule has 8 nitrogen and oxygen atoms in total. The predicted octanol–water partition coefficient (Wildman–Crippen LogP) is 8.53. The van der Waals surface area contributed by atoms with E-state index in [1.807, 2.05) is 0 Å². The van der Waals surface area contributed by atoms with Crippen LogP contribution in [0.2, 0.25) is 0 Å². The highest BCUT2D eigenvalue weighted by Gasteiger charge is 2.80. The van der Waals surface area contributed by atoms with Gasteiger partial charge < -0.3 is 19.5 Å². The van der Waals surface area contributed by atoms with E-state index in [4.69, 9.17) is 0 Å². The van der Waals surface area contributed by atoms with E-state index in [9.17, 15) is 142 Å². The molecule has 60 heavy (non-hydrogen) atoms. The summed E-state index contributed by atoms with van der Waals surface area (Å²) in [5, 5.41) is 0.117. The summed E-state index contributed by atoms with van der Waals surface area (Å²) in [6.07, 6.45) is -34.0. The van der Waals surface area contributed by atoms with Crippen molar-refractivity contribution in [2.45, 2.75) is 78.2 Å². The normalized spacial score (nSPS) is 15.3. The standard InChI is InChI=1S/C24H7F28NO7/c25-13(26,17(33,34)21(41,42)43)9(54)53-4-8(60-12(57)16(31,32)20(39,40)24(50,51)52)5-1-2-6(58-10(55)14(27,28)18(35,36)22(44,45)46)7(3-5)59-11(56)15(29,30)19(37,38)23(47,48)49/h1-3,8H,4H2,(H,53,54). The van der Waals surface area contributed by atoms with E-state index >= 15 is 0 Å². The van der Waals surface area contributed by atoms with E-state index in [0.717, 1.165) is 0 Å². The fourth-order valence-electron chi connectivity index (χ4n) is 3.18. The highest BCUT2D eigenvalue weighted by Crippen LogP contribution is 2.51. The third-order valence-electron chi connectivity index (χ3n) is 6.50. The van der Waals surface area contributed by atoms with Crippen LogP contribution in [-0.2, 0) is 23.9 Å². The fraction of sp³-hybridized carbons (Fsp3) is 0.583. The van der Waals surface area contributed by atoms with Crippen LogP contribution < -0.4 is 14.8 Å². The van der Waals surface area contributed by atoms with E-state index < -0.39 is 144 Å². The summed E-state index contributed by atoms with van der Waals surface area (Å²) in [6, 6.07) is -2.56. The molecule has 1 N–H and O–H groups in total. The minimum absolute atomic E-state index is 0.117. The fourth-order valence-corrected chi connectivity index (χ4v) is 3.18. The van der Waals surface area contributed by atoms with E-state index in [2.05, 4.69) is 14.2 Å². The molecule has 0 spiro atoms. The van der Waals surface area contributed by atoms with E-state index in [1.165, 1.54) is 0 Å². The maximum absolute atomic E-state index is 14.0. The van der Waals surface area contributed by atoms with Gasteiger partial charge in [-0.3, -0.25) is 4.79 Å². The Kier molecular flexibility index (Phi) is 13.8. The van der Waals surface area contributed by atoms with Gasteiger partial charge in [-0.2, -0.15) is 123 Å². The molecule has 0 aliphatic carbocycles. The van der Waals surface area contributed by atoms with Gasteiger partial charge in [0.05, 0.1) is 6.54 Å². The molecule has 0 fully saturated rings. The number of amides is 1. The third kappa shape index (κ3) is 9.23. The number of alkyl halides is 28. The number of rotatable bonds is 14. The molecule has 0 bridgehead atoms. The molecule has 0 aromatic heterocycles. The highest BCUT2D eigenvalue weighted by molar-refractivity contribution is 5.86. The quantitative estimate of drug-likeness (QED) is 0.113. The Hall–Kier alpha value is -4.86. The van der Waals surface area contributed by atoms with Crippen LogP contribution in [0.15, 0.2) is 18.2 Å². The molecule has 0 heterocycles. The van der Waals surface area contributed by atoms with E-state index in [1.54, 1.807) is 0 Å². The number of esters is 3. The predicted molar refractivity (Wildman–Crippen MR) is 123 cm³/mol. The maximum Gasteiger partial charge on any atom is 0.460 e. The van der Waals surface area contributed by atoms with Crippen LogP contribution in [-0.4, -0.2) is 102 Å². The molecule has 0 aliphatic rings. The largest absolute Gasteiger partial charge is 0.460 e. The molecule has 0 aliphatic heterocycles. The Morgan fingerprint density at radius 1 is 0.433 bits per heavy atom. The van der Waals surface area contributed by atoms with Gasteiger partial charge in [-0.25, -0.2) is 14.4 Å². The Labute approximate surface area is 306 Å². The molecule has 0 saturated carbocycles. The maximum atomic E-state index is 14.0. The van der Waals surface area contributed by atoms with Gasteiger partial charge in [0, 0.05) is 0 Å². The lowest BCUT2D eigenvalue weighted by molar-refractivity contribution is -0.349. The van der Waals surface area contributed by atoms with Crippen LogP contribution in [0.1, 0.15) is 11.7 Å². The topological polar surface area (TPSA) is 108 Å². The first-order chi connectivity index (χ1) is 26.0. The molecule has 1 atom stereocenters. The van der Waals surface area contributed by atoms with Crippen LogP contribution >= 0.6 is 0 Å². The summed E-state index contributed by atoms with van der Waals surface area (Å²) in [4.78, 5) is 46.8. The van der Waals surface area contributed by atoms with Crippen molar-refractivity contribution < 1.29 is 156 Å². The van der Waals surface area contributed by atoms with Gasteiger partial charge in [-0.15, -0.1) is 0 Å². The lowest BCUT2D eigenvalue weighted by Gasteiger charge is -2.30. The molecule has 346 valence electrons. The van der Waals surface area contributed by atoms with Crippen molar-refractivity contribution in [1.82, 2.24) is 5.32 Å². The first-order valence-electron chi connectivity index (χ1n) is 13.4. The summed E-state index contributed by atoms with van der Waals surface area (Å²) < 4.78 is 378. The van der Waals surface area contributed by atoms with Gasteiger partial charge in [0.2, 0.25) is 0 Å². The van der Waals surface area contributed by atoms with Crippen LogP contribution in [0.5, 0.6) is 11.5 Å². The number of carbonyl (C=O) groups is 4. The Morgan fingerprint density at radius 2 is 0.733 bits per heavy atom. The molecule has 0 saturated heterocycles. The zero-order valence-corrected chi connectivity index (χ0v) is 26.5. The smallest absolute Gasteiger partial charge is 0.451 e. The number of halogens is 28. The second-order valence-electron chi connectivity index (χ2n) is 10.7. The van der Waals surface area contributed by atoms with Gasteiger partial charge in [-0.1, -0.05) is 6.07 Å². The zero-order valence-electron chi connectivity index (χ0n) is 26.5. The average Bonchev–Trinajstić information content (AvgIpc) is 3.04. The number of benzene rings is 1. The van der Waals surface area contributed by atoms with Crippen molar-refractivity contribution in [2.75, 3.05) is 6.54 Å². The van der Waals surface area contributed by atoms with Gasteiger partial charge in [0.1, 0.15) is 6.10 Å². The van der Waals surface area contributed by atoms with Crippen molar-refractivity contribution in [3.05, 3.63) is 23.8 Å². The minimum Gasteiger partial charge on any atom is -0.451 e. The van der Waals surface area contributed by atoms with Gasteiger partial charge >= 0.3 is 90.0 Å². The Morgan fingerprint density at radius 3 is 1.07 bits per heavy atom. The highest BCUT2D eigenvalue weighted by atomic mass is 19.5. The lowest BCUT2D eigenvalue weighted by atomic mass is 10.1. The van der Waals surface area contributed by atoms with Crippen molar-refractivity contribution >= 4 is 23.8 Å². The second-order valence-corrected chi connectivity index (χ2v) is 10.7. The van der Waals surface area contributed by atoms with Gasteiger partial charge in [-0.05, 0) is 17.7 Å². The Balaban J connectivity index is 4.17. The molecule has 1 aromatic carbocycles. The minimum atomic E-state index is -7.67. The molecule has 1 amide bonds. The van der Waals surface area contributed by atoms with E-state index in [0.29, 0.717) is 0 Å². The van der Waals surface area contributed by atoms with Crippen molar-refractivity contribution in [3.8, 4) is 11.5 Å². The van der Waals surface area contributed by atoms with Crippen molar-refractivity contribution in [3.63, 3.8) is 0 Å². The van der Waals surface area contributed by atoms with Crippen LogP contribution in [0.3, 0.4) is 0 Å². The second kappa shape index (κ2) is 15.6. The average molecular weight is 953 g/mol. The molecule has 1 aromatic rings. The number of hydrogen-bond donors (Lipinski definition) is 1. The summed E-state index contributed by atoms with van der Waals surface area (Å²) in [6.45, 7) is -2.85. The first kappa shape index (κ1) is 53.2. The summed E-state index contributed by atoms with van der Waals surface area (Å²) in [5.74, 6) is -82.5. The zero-order chi connectivity index (χ0) is 48.3. The molecule has 1 rings (SSSR count). The molecule has 36 heteroatoms. The number of carbonyl (C=O) groups excluding carboxylic acids is 4. The van der Waals surface area contributed by atoms with Crippen LogP contribution in [0.25, 0.3) is 0 Å². The third-order valence-corrected chi connectivity index (χ3v) is 6.50. The van der Waals surface area contributed by atoms with Crippen LogP contribution in [0.4, 0.5) is 123 Å². The number of nitrogens with one attached hydrogen (secondary N) is 1. The summed E-state index contributed by atoms with van der Waals surface area (Å²) in [5.41, 5.74) is -2.22. The summed E-state index contributed by atoms with van der Waals surface area (Å²) >= 11 is 0. The number of hydrogen-bond acceptors (Lipinski definition) is 7. The molecular formula is C24H7F28NO7. The monoisotopic (exact) mass is 953 g/mol. The number of ether oxygens (including phenoxy) is 3. The Bertz CT molecular complexity index is 1790. The first-order valence-corrected chi connectivity index (χ1v) is 13.4. The van der Waals surface area contributed by atoms with Crippen molar-refractivity contribution in [1.29, 1.82) is 0 Å². The molecule has 1 unspecified atom stereocenters. The summed E-state index contributed by atoms with van der Waals surface area (Å²) in [7, 11) is 0. The van der Waals surface area contributed by atoms with Crippen molar-refractivity contribution in [2.24, 2.45) is 0 Å².